The van der Waals surface area contributed by atoms with Gasteiger partial charge >= 0.3 is 5.69 Å². The lowest BCUT2D eigenvalue weighted by Gasteiger charge is -2.33. The number of amides is 1. The predicted octanol–water partition coefficient (Wildman–Crippen LogP) is 0.902. The number of carbonyl (C=O) groups is 1. The molecule has 21 heavy (non-hydrogen) atoms. The van der Waals surface area contributed by atoms with Crippen LogP contribution < -0.4 is 0 Å². The average molecular weight is 334 g/mol. The molecule has 1 fully saturated rings. The molecule has 1 aliphatic rings. The van der Waals surface area contributed by atoms with Gasteiger partial charge in [0.15, 0.2) is 9.84 Å². The van der Waals surface area contributed by atoms with Crippen LogP contribution in [0.4, 0.5) is 5.69 Å². The van der Waals surface area contributed by atoms with Crippen molar-refractivity contribution in [1.29, 1.82) is 0 Å². The molecule has 0 aromatic carbocycles. The zero-order valence-electron chi connectivity index (χ0n) is 11.0. The van der Waals surface area contributed by atoms with Crippen molar-refractivity contribution in [1.82, 2.24) is 9.88 Å². The normalized spacial score (nSPS) is 21.0. The minimum Gasteiger partial charge on any atom is -0.334 e. The minimum atomic E-state index is -3.18. The Kier molecular flexibility index (Phi) is 4.15. The summed E-state index contributed by atoms with van der Waals surface area (Å²) in [5.74, 6) is -0.936. The van der Waals surface area contributed by atoms with Crippen molar-refractivity contribution in [2.45, 2.75) is 13.0 Å². The second kappa shape index (κ2) is 5.57. The SMILES string of the molecule is CC1CS(=O)(=O)CCN1C(=O)c1ccnc(Cl)c1[N+](=O)[O-]. The van der Waals surface area contributed by atoms with Crippen molar-refractivity contribution in [3.8, 4) is 0 Å². The van der Waals surface area contributed by atoms with E-state index in [1.807, 2.05) is 0 Å². The van der Waals surface area contributed by atoms with E-state index in [1.165, 1.54) is 17.2 Å². The smallest absolute Gasteiger partial charge is 0.319 e. The second-order valence-corrected chi connectivity index (χ2v) is 7.30. The summed E-state index contributed by atoms with van der Waals surface area (Å²) < 4.78 is 23.0. The van der Waals surface area contributed by atoms with E-state index in [0.717, 1.165) is 0 Å². The lowest BCUT2D eigenvalue weighted by Crippen LogP contribution is -2.49. The maximum Gasteiger partial charge on any atom is 0.319 e. The second-order valence-electron chi connectivity index (χ2n) is 4.72. The summed E-state index contributed by atoms with van der Waals surface area (Å²) in [7, 11) is -3.18. The summed E-state index contributed by atoms with van der Waals surface area (Å²) in [6.45, 7) is 1.59. The van der Waals surface area contributed by atoms with Gasteiger partial charge in [-0.1, -0.05) is 11.6 Å². The summed E-state index contributed by atoms with van der Waals surface area (Å²) in [5, 5.41) is 10.7. The number of nitro groups is 1. The molecule has 114 valence electrons. The number of nitrogens with zero attached hydrogens (tertiary/aromatic N) is 3. The van der Waals surface area contributed by atoms with Crippen LogP contribution in [0.25, 0.3) is 0 Å². The van der Waals surface area contributed by atoms with Crippen molar-refractivity contribution < 1.29 is 18.1 Å². The zero-order valence-corrected chi connectivity index (χ0v) is 12.6. The first-order valence-electron chi connectivity index (χ1n) is 6.03. The molecule has 0 saturated carbocycles. The lowest BCUT2D eigenvalue weighted by molar-refractivity contribution is -0.385. The van der Waals surface area contributed by atoms with E-state index in [2.05, 4.69) is 4.98 Å². The van der Waals surface area contributed by atoms with Crippen molar-refractivity contribution in [2.24, 2.45) is 0 Å². The van der Waals surface area contributed by atoms with Crippen LogP contribution in [-0.2, 0) is 9.84 Å². The Labute approximate surface area is 125 Å². The van der Waals surface area contributed by atoms with Crippen LogP contribution in [0.2, 0.25) is 5.15 Å². The Bertz CT molecular complexity index is 706. The van der Waals surface area contributed by atoms with E-state index in [1.54, 1.807) is 6.92 Å². The van der Waals surface area contributed by atoms with Crippen LogP contribution in [-0.4, -0.2) is 53.2 Å². The topological polar surface area (TPSA) is 110 Å². The third-order valence-corrected chi connectivity index (χ3v) is 5.30. The van der Waals surface area contributed by atoms with Gasteiger partial charge in [-0.3, -0.25) is 14.9 Å². The maximum absolute atomic E-state index is 12.4. The number of carbonyl (C=O) groups excluding carboxylic acids is 1. The van der Waals surface area contributed by atoms with E-state index < -0.39 is 32.4 Å². The molecule has 1 amide bonds. The number of rotatable bonds is 2. The van der Waals surface area contributed by atoms with Crippen LogP contribution >= 0.6 is 11.6 Å². The van der Waals surface area contributed by atoms with Gasteiger partial charge in [-0.05, 0) is 13.0 Å². The van der Waals surface area contributed by atoms with Gasteiger partial charge in [0.1, 0.15) is 5.56 Å². The quantitative estimate of drug-likeness (QED) is 0.451. The van der Waals surface area contributed by atoms with Crippen LogP contribution in [0, 0.1) is 10.1 Å². The number of hydrogen-bond acceptors (Lipinski definition) is 6. The van der Waals surface area contributed by atoms with E-state index in [0.29, 0.717) is 0 Å². The molecule has 2 heterocycles. The Hall–Kier alpha value is -1.74. The van der Waals surface area contributed by atoms with Gasteiger partial charge in [0.25, 0.3) is 5.91 Å². The predicted molar refractivity (Wildman–Crippen MR) is 75.1 cm³/mol. The maximum atomic E-state index is 12.4. The van der Waals surface area contributed by atoms with Crippen LogP contribution in [0.3, 0.4) is 0 Å². The first-order chi connectivity index (χ1) is 9.73. The third-order valence-electron chi connectivity index (χ3n) is 3.22. The van der Waals surface area contributed by atoms with Crippen LogP contribution in [0.5, 0.6) is 0 Å². The zero-order chi connectivity index (χ0) is 15.8. The van der Waals surface area contributed by atoms with Gasteiger partial charge in [0.2, 0.25) is 5.15 Å². The van der Waals surface area contributed by atoms with E-state index in [9.17, 15) is 23.3 Å². The first kappa shape index (κ1) is 15.6. The number of hydrogen-bond donors (Lipinski definition) is 0. The molecule has 0 radical (unpaired) electrons. The van der Waals surface area contributed by atoms with E-state index in [-0.39, 0.29) is 28.8 Å². The fraction of sp³-hybridized carbons (Fsp3) is 0.455. The Morgan fingerprint density at radius 3 is 2.81 bits per heavy atom. The van der Waals surface area contributed by atoms with Gasteiger partial charge in [-0.2, -0.15) is 0 Å². The molecule has 8 nitrogen and oxygen atoms in total. The fourth-order valence-electron chi connectivity index (χ4n) is 2.23. The molecular weight excluding hydrogens is 322 g/mol. The van der Waals surface area contributed by atoms with Gasteiger partial charge in [-0.25, -0.2) is 13.4 Å². The molecule has 0 aliphatic carbocycles. The van der Waals surface area contributed by atoms with Gasteiger partial charge in [0.05, 0.1) is 16.4 Å². The molecule has 1 saturated heterocycles. The van der Waals surface area contributed by atoms with Gasteiger partial charge in [0, 0.05) is 18.8 Å². The summed E-state index contributed by atoms with van der Waals surface area (Å²) in [6.07, 6.45) is 1.20. The van der Waals surface area contributed by atoms with Crippen LogP contribution in [0.1, 0.15) is 17.3 Å². The lowest BCUT2D eigenvalue weighted by atomic mass is 10.1. The van der Waals surface area contributed by atoms with Gasteiger partial charge < -0.3 is 4.90 Å². The highest BCUT2D eigenvalue weighted by Gasteiger charge is 2.35. The Morgan fingerprint density at radius 1 is 1.57 bits per heavy atom. The molecule has 0 N–H and O–H groups in total. The fourth-order valence-corrected chi connectivity index (χ4v) is 4.01. The number of sulfone groups is 1. The van der Waals surface area contributed by atoms with Crippen molar-refractivity contribution >= 4 is 33.0 Å². The molecule has 0 bridgehead atoms. The minimum absolute atomic E-state index is 0.000566. The largest absolute Gasteiger partial charge is 0.334 e. The molecule has 1 aromatic heterocycles. The Morgan fingerprint density at radius 2 is 2.24 bits per heavy atom. The van der Waals surface area contributed by atoms with Crippen molar-refractivity contribution in [2.75, 3.05) is 18.1 Å². The first-order valence-corrected chi connectivity index (χ1v) is 8.23. The van der Waals surface area contributed by atoms with Crippen molar-refractivity contribution in [3.05, 3.63) is 33.1 Å². The molecule has 1 aliphatic heterocycles. The van der Waals surface area contributed by atoms with Gasteiger partial charge in [-0.15, -0.1) is 0 Å². The van der Waals surface area contributed by atoms with E-state index in [4.69, 9.17) is 11.6 Å². The molecule has 2 rings (SSSR count). The van der Waals surface area contributed by atoms with Crippen LogP contribution in [0.15, 0.2) is 12.3 Å². The highest BCUT2D eigenvalue weighted by atomic mass is 35.5. The molecule has 1 atom stereocenters. The highest BCUT2D eigenvalue weighted by Crippen LogP contribution is 2.28. The number of aromatic nitrogens is 1. The molecular formula is C11H12ClN3O5S. The molecule has 1 unspecified atom stereocenters. The molecule has 1 aromatic rings. The third kappa shape index (κ3) is 3.13. The summed E-state index contributed by atoms with van der Waals surface area (Å²) in [6, 6.07) is 0.658. The number of pyridine rings is 1. The highest BCUT2D eigenvalue weighted by molar-refractivity contribution is 7.91. The number of halogens is 1. The molecule has 0 spiro atoms. The Balaban J connectivity index is 2.38. The van der Waals surface area contributed by atoms with Crippen molar-refractivity contribution in [3.63, 3.8) is 0 Å². The summed E-state index contributed by atoms with van der Waals surface area (Å²) in [4.78, 5) is 27.6. The summed E-state index contributed by atoms with van der Waals surface area (Å²) >= 11 is 5.67. The van der Waals surface area contributed by atoms with E-state index >= 15 is 0 Å². The average Bonchev–Trinajstić information content (AvgIpc) is 2.36. The standard InChI is InChI=1S/C11H12ClN3O5S/c1-7-6-21(19,20)5-4-14(7)11(16)8-2-3-13-10(12)9(8)15(17)18/h2-3,7H,4-6H2,1H3. The monoisotopic (exact) mass is 333 g/mol. The molecule has 10 heteroatoms. The summed E-state index contributed by atoms with van der Waals surface area (Å²) in [5.41, 5.74) is -0.754.